The number of hydrogen-bond acceptors (Lipinski definition) is 5. The van der Waals surface area contributed by atoms with Crippen molar-refractivity contribution in [3.63, 3.8) is 0 Å². The first kappa shape index (κ1) is 20.2. The molecule has 7 heteroatoms. The van der Waals surface area contributed by atoms with E-state index >= 15 is 0 Å². The molecule has 5 rings (SSSR count). The van der Waals surface area contributed by atoms with Crippen LogP contribution in [0.3, 0.4) is 0 Å². The highest BCUT2D eigenvalue weighted by molar-refractivity contribution is 5.94. The maximum absolute atomic E-state index is 13.2. The van der Waals surface area contributed by atoms with Crippen LogP contribution in [0.5, 0.6) is 0 Å². The topological polar surface area (TPSA) is 77.1 Å². The fourth-order valence-corrected chi connectivity index (χ4v) is 4.19. The molecule has 2 aromatic carbocycles. The van der Waals surface area contributed by atoms with Crippen LogP contribution in [-0.2, 0) is 26.4 Å². The molecule has 1 aliphatic heterocycles. The van der Waals surface area contributed by atoms with Crippen LogP contribution in [0.25, 0.3) is 11.6 Å². The molecule has 0 bridgehead atoms. The van der Waals surface area contributed by atoms with E-state index in [4.69, 9.17) is 4.52 Å². The number of nitrogens with zero attached hydrogens (tertiary/aromatic N) is 5. The molecule has 1 aliphatic rings. The van der Waals surface area contributed by atoms with Crippen LogP contribution in [0.1, 0.15) is 44.1 Å². The molecule has 1 amide bonds. The molecule has 0 saturated heterocycles. The molecule has 162 valence electrons. The molecule has 0 radical (unpaired) electrons. The van der Waals surface area contributed by atoms with Crippen molar-refractivity contribution < 1.29 is 9.32 Å². The third kappa shape index (κ3) is 3.70. The number of aryl methyl sites for hydroxylation is 3. The number of hydrogen-bond donors (Lipinski definition) is 0. The van der Waals surface area contributed by atoms with E-state index in [0.29, 0.717) is 42.5 Å². The summed E-state index contributed by atoms with van der Waals surface area (Å²) in [5, 5.41) is 8.81. The Morgan fingerprint density at radius 3 is 2.69 bits per heavy atom. The number of amides is 1. The van der Waals surface area contributed by atoms with Crippen molar-refractivity contribution in [1.29, 1.82) is 0 Å². The van der Waals surface area contributed by atoms with Crippen LogP contribution in [0, 0.1) is 13.8 Å². The summed E-state index contributed by atoms with van der Waals surface area (Å²) in [6.45, 7) is 5.21. The second-order valence-electron chi connectivity index (χ2n) is 8.35. The van der Waals surface area contributed by atoms with Crippen LogP contribution in [0.2, 0.25) is 0 Å². The molecule has 0 unspecified atom stereocenters. The van der Waals surface area contributed by atoms with Crippen LogP contribution in [0.15, 0.2) is 53.1 Å². The summed E-state index contributed by atoms with van der Waals surface area (Å²) in [5.41, 5.74) is 6.87. The van der Waals surface area contributed by atoms with Gasteiger partial charge in [-0.1, -0.05) is 41.6 Å². The second-order valence-corrected chi connectivity index (χ2v) is 8.35. The van der Waals surface area contributed by atoms with E-state index < -0.39 is 0 Å². The van der Waals surface area contributed by atoms with Crippen molar-refractivity contribution in [3.05, 3.63) is 87.9 Å². The van der Waals surface area contributed by atoms with Gasteiger partial charge in [0.25, 0.3) is 11.8 Å². The molecule has 0 fully saturated rings. The zero-order valence-corrected chi connectivity index (χ0v) is 18.5. The van der Waals surface area contributed by atoms with Crippen LogP contribution < -0.4 is 0 Å². The zero-order valence-electron chi connectivity index (χ0n) is 18.5. The third-order valence-corrected chi connectivity index (χ3v) is 6.16. The molecule has 0 N–H and O–H groups in total. The summed E-state index contributed by atoms with van der Waals surface area (Å²) in [6, 6.07) is 15.9. The molecule has 7 nitrogen and oxygen atoms in total. The first-order chi connectivity index (χ1) is 15.5. The monoisotopic (exact) mass is 427 g/mol. The van der Waals surface area contributed by atoms with Crippen LogP contribution >= 0.6 is 0 Å². The highest BCUT2D eigenvalue weighted by atomic mass is 16.5. The fraction of sp³-hybridized carbons (Fsp3) is 0.280. The van der Waals surface area contributed by atoms with E-state index in [9.17, 15) is 4.79 Å². The number of carbonyl (C=O) groups is 1. The first-order valence-electron chi connectivity index (χ1n) is 10.8. The number of aromatic nitrogens is 4. The molecule has 2 aromatic heterocycles. The average molecular weight is 428 g/mol. The molecule has 3 heterocycles. The van der Waals surface area contributed by atoms with Gasteiger partial charge in [-0.2, -0.15) is 10.1 Å². The SMILES string of the molecule is Cc1ccc(C(=O)N2CCc3c(c(-c4nc(Cc5ccccc5)no4)nn3C)C2)cc1C. The Morgan fingerprint density at radius 1 is 1.09 bits per heavy atom. The number of carbonyl (C=O) groups excluding carboxylic acids is 1. The third-order valence-electron chi connectivity index (χ3n) is 6.16. The second kappa shape index (κ2) is 8.07. The standard InChI is InChI=1S/C25H25N5O2/c1-16-9-10-19(13-17(16)2)25(31)30-12-11-21-20(15-30)23(27-29(21)3)24-26-22(28-32-24)14-18-7-5-4-6-8-18/h4-10,13H,11-12,14-15H2,1-3H3. The first-order valence-corrected chi connectivity index (χ1v) is 10.8. The molecule has 32 heavy (non-hydrogen) atoms. The van der Waals surface area contributed by atoms with E-state index in [-0.39, 0.29) is 5.91 Å². The van der Waals surface area contributed by atoms with Gasteiger partial charge in [-0.25, -0.2) is 0 Å². The van der Waals surface area contributed by atoms with Gasteiger partial charge in [-0.05, 0) is 42.7 Å². The van der Waals surface area contributed by atoms with E-state index in [1.165, 1.54) is 5.56 Å². The van der Waals surface area contributed by atoms with Crippen molar-refractivity contribution in [2.75, 3.05) is 6.54 Å². The normalized spacial score (nSPS) is 13.3. The van der Waals surface area contributed by atoms with E-state index in [1.807, 2.05) is 72.1 Å². The molecule has 0 saturated carbocycles. The lowest BCUT2D eigenvalue weighted by molar-refractivity contribution is 0.0733. The average Bonchev–Trinajstić information content (AvgIpc) is 3.40. The van der Waals surface area contributed by atoms with Gasteiger partial charge in [-0.3, -0.25) is 9.48 Å². The van der Waals surface area contributed by atoms with E-state index in [1.54, 1.807) is 0 Å². The van der Waals surface area contributed by atoms with Crippen molar-refractivity contribution in [2.24, 2.45) is 7.05 Å². The molecular formula is C25H25N5O2. The van der Waals surface area contributed by atoms with Gasteiger partial charge in [0.2, 0.25) is 0 Å². The Morgan fingerprint density at radius 2 is 1.91 bits per heavy atom. The van der Waals surface area contributed by atoms with Crippen molar-refractivity contribution in [2.45, 2.75) is 33.2 Å². The lowest BCUT2D eigenvalue weighted by atomic mass is 10.0. The van der Waals surface area contributed by atoms with E-state index in [2.05, 4.69) is 22.2 Å². The number of rotatable bonds is 4. The molecule has 0 atom stereocenters. The maximum Gasteiger partial charge on any atom is 0.278 e. The minimum Gasteiger partial charge on any atom is -0.334 e. The highest BCUT2D eigenvalue weighted by Gasteiger charge is 2.30. The quantitative estimate of drug-likeness (QED) is 0.494. The van der Waals surface area contributed by atoms with Gasteiger partial charge < -0.3 is 9.42 Å². The number of benzene rings is 2. The summed E-state index contributed by atoms with van der Waals surface area (Å²) >= 11 is 0. The van der Waals surface area contributed by atoms with Gasteiger partial charge in [0.15, 0.2) is 11.5 Å². The Bertz CT molecular complexity index is 1290. The highest BCUT2D eigenvalue weighted by Crippen LogP contribution is 2.30. The van der Waals surface area contributed by atoms with Crippen molar-refractivity contribution >= 4 is 5.91 Å². The maximum atomic E-state index is 13.2. The van der Waals surface area contributed by atoms with Crippen molar-refractivity contribution in [1.82, 2.24) is 24.8 Å². The van der Waals surface area contributed by atoms with Gasteiger partial charge in [0, 0.05) is 43.3 Å². The largest absolute Gasteiger partial charge is 0.334 e. The van der Waals surface area contributed by atoms with Crippen molar-refractivity contribution in [3.8, 4) is 11.6 Å². The van der Waals surface area contributed by atoms with Gasteiger partial charge in [-0.15, -0.1) is 0 Å². The zero-order chi connectivity index (χ0) is 22.2. The fourth-order valence-electron chi connectivity index (χ4n) is 4.19. The minimum absolute atomic E-state index is 0.0313. The molecule has 0 aliphatic carbocycles. The predicted molar refractivity (Wildman–Crippen MR) is 120 cm³/mol. The number of fused-ring (bicyclic) bond motifs is 1. The van der Waals surface area contributed by atoms with Crippen LogP contribution in [0.4, 0.5) is 0 Å². The Hall–Kier alpha value is -3.74. The van der Waals surface area contributed by atoms with Gasteiger partial charge in [0.1, 0.15) is 0 Å². The summed E-state index contributed by atoms with van der Waals surface area (Å²) in [6.07, 6.45) is 1.33. The predicted octanol–water partition coefficient (Wildman–Crippen LogP) is 3.88. The molecule has 0 spiro atoms. The summed E-state index contributed by atoms with van der Waals surface area (Å²) < 4.78 is 7.44. The molecular weight excluding hydrogens is 402 g/mol. The van der Waals surface area contributed by atoms with Crippen LogP contribution in [-0.4, -0.2) is 37.3 Å². The smallest absolute Gasteiger partial charge is 0.278 e. The van der Waals surface area contributed by atoms with Gasteiger partial charge >= 0.3 is 0 Å². The molecule has 4 aromatic rings. The minimum atomic E-state index is 0.0313. The summed E-state index contributed by atoms with van der Waals surface area (Å²) in [4.78, 5) is 19.6. The Kier molecular flexibility index (Phi) is 5.09. The lowest BCUT2D eigenvalue weighted by Gasteiger charge is -2.27. The Labute approximate surface area is 186 Å². The van der Waals surface area contributed by atoms with E-state index in [0.717, 1.165) is 28.8 Å². The lowest BCUT2D eigenvalue weighted by Crippen LogP contribution is -2.36. The summed E-state index contributed by atoms with van der Waals surface area (Å²) in [7, 11) is 1.92. The summed E-state index contributed by atoms with van der Waals surface area (Å²) in [5.74, 6) is 1.04. The van der Waals surface area contributed by atoms with Gasteiger partial charge in [0.05, 0.1) is 6.54 Å². The Balaban J connectivity index is 1.41.